The maximum absolute atomic E-state index is 5.71. The number of benzene rings is 1. The van der Waals surface area contributed by atoms with E-state index in [1.807, 2.05) is 0 Å². The second-order valence-electron chi connectivity index (χ2n) is 5.04. The zero-order valence-corrected chi connectivity index (χ0v) is 12.8. The Bertz CT molecular complexity index is 528. The summed E-state index contributed by atoms with van der Waals surface area (Å²) >= 11 is 1.81. The normalized spacial score (nSPS) is 12.6. The monoisotopic (exact) mass is 274 g/mol. The Morgan fingerprint density at radius 3 is 2.42 bits per heavy atom. The summed E-state index contributed by atoms with van der Waals surface area (Å²) in [6, 6.07) is 8.89. The highest BCUT2D eigenvalue weighted by Crippen LogP contribution is 2.26. The lowest BCUT2D eigenvalue weighted by Gasteiger charge is -2.02. The first-order valence-electron chi connectivity index (χ1n) is 6.88. The molecule has 2 N–H and O–H groups in total. The molecule has 0 aliphatic heterocycles. The van der Waals surface area contributed by atoms with Crippen molar-refractivity contribution in [2.45, 2.75) is 39.5 Å². The van der Waals surface area contributed by atoms with Crippen LogP contribution in [0.1, 0.15) is 46.5 Å². The summed E-state index contributed by atoms with van der Waals surface area (Å²) in [7, 11) is 0. The molecule has 1 aromatic carbocycles. The van der Waals surface area contributed by atoms with Crippen LogP contribution in [0.4, 0.5) is 0 Å². The fraction of sp³-hybridized carbons (Fsp3) is 0.438. The van der Waals surface area contributed by atoms with E-state index in [1.54, 1.807) is 11.3 Å². The molecule has 0 aliphatic carbocycles. The average Bonchev–Trinajstić information content (AvgIpc) is 2.80. The molecule has 1 atom stereocenters. The van der Waals surface area contributed by atoms with E-state index in [4.69, 9.17) is 5.73 Å². The molecule has 0 saturated heterocycles. The standard InChI is InChI=1S/C16H22N2S/c1-4-13-5-7-14(8-6-13)9-15-12(3)18-16(19-15)11(2)10-17/h5-8,11H,4,9-10,17H2,1-3H3. The molecule has 1 unspecified atom stereocenters. The lowest BCUT2D eigenvalue weighted by Crippen LogP contribution is -2.08. The van der Waals surface area contributed by atoms with Crippen LogP contribution in [0.5, 0.6) is 0 Å². The molecule has 0 amide bonds. The van der Waals surface area contributed by atoms with Crippen molar-refractivity contribution in [3.63, 3.8) is 0 Å². The van der Waals surface area contributed by atoms with Crippen molar-refractivity contribution >= 4 is 11.3 Å². The van der Waals surface area contributed by atoms with E-state index in [0.29, 0.717) is 12.5 Å². The van der Waals surface area contributed by atoms with E-state index in [1.165, 1.54) is 21.0 Å². The van der Waals surface area contributed by atoms with Crippen molar-refractivity contribution in [2.75, 3.05) is 6.54 Å². The largest absolute Gasteiger partial charge is 0.330 e. The van der Waals surface area contributed by atoms with Crippen LogP contribution in [-0.4, -0.2) is 11.5 Å². The van der Waals surface area contributed by atoms with Crippen LogP contribution in [0, 0.1) is 6.92 Å². The Hall–Kier alpha value is -1.19. The van der Waals surface area contributed by atoms with Crippen LogP contribution >= 0.6 is 11.3 Å². The molecule has 0 saturated carbocycles. The molecular weight excluding hydrogens is 252 g/mol. The summed E-state index contributed by atoms with van der Waals surface area (Å²) in [5, 5.41) is 1.17. The third-order valence-corrected chi connectivity index (χ3v) is 4.87. The zero-order valence-electron chi connectivity index (χ0n) is 11.9. The second kappa shape index (κ2) is 6.31. The lowest BCUT2D eigenvalue weighted by molar-refractivity contribution is 0.763. The van der Waals surface area contributed by atoms with Gasteiger partial charge < -0.3 is 5.73 Å². The molecule has 102 valence electrons. The Balaban J connectivity index is 2.15. The van der Waals surface area contributed by atoms with Gasteiger partial charge in [-0.1, -0.05) is 38.1 Å². The molecule has 2 aromatic rings. The van der Waals surface area contributed by atoms with Gasteiger partial charge in [0.2, 0.25) is 0 Å². The first kappa shape index (κ1) is 14.2. The third-order valence-electron chi connectivity index (χ3n) is 3.48. The zero-order chi connectivity index (χ0) is 13.8. The van der Waals surface area contributed by atoms with Gasteiger partial charge >= 0.3 is 0 Å². The summed E-state index contributed by atoms with van der Waals surface area (Å²) in [6.45, 7) is 7.08. The van der Waals surface area contributed by atoms with Gasteiger partial charge in [0.15, 0.2) is 0 Å². The fourth-order valence-corrected chi connectivity index (χ4v) is 3.17. The molecule has 0 fully saturated rings. The number of nitrogens with zero attached hydrogens (tertiary/aromatic N) is 1. The van der Waals surface area contributed by atoms with Gasteiger partial charge in [-0.05, 0) is 24.5 Å². The van der Waals surface area contributed by atoms with E-state index in [0.717, 1.165) is 18.5 Å². The number of aryl methyl sites for hydroxylation is 2. The smallest absolute Gasteiger partial charge is 0.0971 e. The molecule has 1 heterocycles. The van der Waals surface area contributed by atoms with Gasteiger partial charge in [0.1, 0.15) is 0 Å². The highest BCUT2D eigenvalue weighted by Gasteiger charge is 2.12. The second-order valence-corrected chi connectivity index (χ2v) is 6.16. The predicted molar refractivity (Wildman–Crippen MR) is 82.9 cm³/mol. The Kier molecular flexibility index (Phi) is 4.72. The minimum atomic E-state index is 0.361. The Morgan fingerprint density at radius 2 is 1.84 bits per heavy atom. The van der Waals surface area contributed by atoms with E-state index in [9.17, 15) is 0 Å². The summed E-state index contributed by atoms with van der Waals surface area (Å²) in [4.78, 5) is 6.01. The summed E-state index contributed by atoms with van der Waals surface area (Å²) < 4.78 is 0. The SMILES string of the molecule is CCc1ccc(Cc2sc(C(C)CN)nc2C)cc1. The van der Waals surface area contributed by atoms with Crippen LogP contribution in [0.15, 0.2) is 24.3 Å². The molecule has 0 spiro atoms. The van der Waals surface area contributed by atoms with E-state index >= 15 is 0 Å². The van der Waals surface area contributed by atoms with Crippen LogP contribution in [0.25, 0.3) is 0 Å². The topological polar surface area (TPSA) is 38.9 Å². The van der Waals surface area contributed by atoms with Crippen molar-refractivity contribution in [3.8, 4) is 0 Å². The predicted octanol–water partition coefficient (Wildman–Crippen LogP) is 3.67. The minimum absolute atomic E-state index is 0.361. The van der Waals surface area contributed by atoms with Gasteiger partial charge in [0.05, 0.1) is 10.7 Å². The molecule has 2 nitrogen and oxygen atoms in total. The third kappa shape index (κ3) is 3.43. The Morgan fingerprint density at radius 1 is 1.21 bits per heavy atom. The quantitative estimate of drug-likeness (QED) is 0.903. The maximum Gasteiger partial charge on any atom is 0.0971 e. The fourth-order valence-electron chi connectivity index (χ4n) is 2.00. The molecule has 3 heteroatoms. The van der Waals surface area contributed by atoms with Gasteiger partial charge in [0.25, 0.3) is 0 Å². The van der Waals surface area contributed by atoms with Crippen LogP contribution in [0.3, 0.4) is 0 Å². The molecule has 0 radical (unpaired) electrons. The van der Waals surface area contributed by atoms with Crippen molar-refractivity contribution in [2.24, 2.45) is 5.73 Å². The van der Waals surface area contributed by atoms with Crippen LogP contribution in [-0.2, 0) is 12.8 Å². The number of nitrogens with two attached hydrogens (primary N) is 1. The average molecular weight is 274 g/mol. The van der Waals surface area contributed by atoms with Gasteiger partial charge in [-0.3, -0.25) is 0 Å². The van der Waals surface area contributed by atoms with Crippen molar-refractivity contribution in [3.05, 3.63) is 51.0 Å². The molecular formula is C16H22N2S. The summed E-state index contributed by atoms with van der Waals surface area (Å²) in [6.07, 6.45) is 2.07. The first-order chi connectivity index (χ1) is 9.13. The first-order valence-corrected chi connectivity index (χ1v) is 7.69. The highest BCUT2D eigenvalue weighted by atomic mass is 32.1. The molecule has 2 rings (SSSR count). The van der Waals surface area contributed by atoms with Crippen molar-refractivity contribution in [1.82, 2.24) is 4.98 Å². The highest BCUT2D eigenvalue weighted by molar-refractivity contribution is 7.11. The van der Waals surface area contributed by atoms with E-state index in [2.05, 4.69) is 50.0 Å². The van der Waals surface area contributed by atoms with Crippen LogP contribution < -0.4 is 5.73 Å². The number of hydrogen-bond acceptors (Lipinski definition) is 3. The minimum Gasteiger partial charge on any atom is -0.330 e. The molecule has 0 bridgehead atoms. The van der Waals surface area contributed by atoms with E-state index < -0.39 is 0 Å². The molecule has 19 heavy (non-hydrogen) atoms. The van der Waals surface area contributed by atoms with E-state index in [-0.39, 0.29) is 0 Å². The van der Waals surface area contributed by atoms with Crippen LogP contribution in [0.2, 0.25) is 0 Å². The maximum atomic E-state index is 5.71. The van der Waals surface area contributed by atoms with Crippen molar-refractivity contribution in [1.29, 1.82) is 0 Å². The number of thiazole rings is 1. The molecule has 1 aromatic heterocycles. The van der Waals surface area contributed by atoms with Gasteiger partial charge in [-0.15, -0.1) is 11.3 Å². The number of hydrogen-bond donors (Lipinski definition) is 1. The molecule has 0 aliphatic rings. The summed E-state index contributed by atoms with van der Waals surface area (Å²) in [5.41, 5.74) is 9.62. The van der Waals surface area contributed by atoms with Gasteiger partial charge in [-0.2, -0.15) is 0 Å². The lowest BCUT2D eigenvalue weighted by atomic mass is 10.1. The summed E-state index contributed by atoms with van der Waals surface area (Å²) in [5.74, 6) is 0.361. The van der Waals surface area contributed by atoms with Gasteiger partial charge in [-0.25, -0.2) is 4.98 Å². The number of aromatic nitrogens is 1. The number of rotatable bonds is 5. The van der Waals surface area contributed by atoms with Crippen molar-refractivity contribution < 1.29 is 0 Å². The van der Waals surface area contributed by atoms with Gasteiger partial charge in [0, 0.05) is 23.8 Å². The Labute approximate surface area is 119 Å².